The number of hydrogen-bond donors (Lipinski definition) is 2. The number of benzene rings is 2. The minimum Gasteiger partial charge on any atom is -0.325 e. The molecule has 2 N–H and O–H groups in total. The predicted octanol–water partition coefficient (Wildman–Crippen LogP) is 4.65. The topological polar surface area (TPSA) is 41.1 Å². The SMILES string of the molecule is CC(NCC(=O)Nc1ccc(Cl)c(C(F)(F)F)c1)c1ccccc1. The molecule has 0 bridgehead atoms. The summed E-state index contributed by atoms with van der Waals surface area (Å²) in [7, 11) is 0. The van der Waals surface area contributed by atoms with Crippen molar-refractivity contribution in [2.45, 2.75) is 19.1 Å². The van der Waals surface area contributed by atoms with E-state index in [1.165, 1.54) is 6.07 Å². The Labute approximate surface area is 142 Å². The zero-order chi connectivity index (χ0) is 17.7. The van der Waals surface area contributed by atoms with Crippen molar-refractivity contribution < 1.29 is 18.0 Å². The third-order valence-corrected chi connectivity index (χ3v) is 3.75. The lowest BCUT2D eigenvalue weighted by Gasteiger charge is -2.15. The van der Waals surface area contributed by atoms with Crippen molar-refractivity contribution in [2.24, 2.45) is 0 Å². The molecule has 7 heteroatoms. The molecule has 2 aromatic rings. The molecule has 1 unspecified atom stereocenters. The third-order valence-electron chi connectivity index (χ3n) is 3.42. The summed E-state index contributed by atoms with van der Waals surface area (Å²) in [6, 6.07) is 12.7. The second kappa shape index (κ2) is 7.68. The molecule has 3 nitrogen and oxygen atoms in total. The van der Waals surface area contributed by atoms with E-state index < -0.39 is 22.7 Å². The molecule has 0 aliphatic carbocycles. The van der Waals surface area contributed by atoms with Crippen LogP contribution in [0.3, 0.4) is 0 Å². The minimum atomic E-state index is -4.57. The van der Waals surface area contributed by atoms with Crippen LogP contribution in [0.15, 0.2) is 48.5 Å². The van der Waals surface area contributed by atoms with Gasteiger partial charge in [0.2, 0.25) is 5.91 Å². The van der Waals surface area contributed by atoms with Gasteiger partial charge in [-0.25, -0.2) is 0 Å². The largest absolute Gasteiger partial charge is 0.417 e. The molecule has 1 atom stereocenters. The van der Waals surface area contributed by atoms with E-state index in [0.717, 1.165) is 17.7 Å². The fraction of sp³-hybridized carbons (Fsp3) is 0.235. The van der Waals surface area contributed by atoms with Crippen LogP contribution in [-0.2, 0) is 11.0 Å². The second-order valence-corrected chi connectivity index (χ2v) is 5.66. The van der Waals surface area contributed by atoms with Crippen molar-refractivity contribution in [3.8, 4) is 0 Å². The van der Waals surface area contributed by atoms with Crippen LogP contribution in [-0.4, -0.2) is 12.5 Å². The van der Waals surface area contributed by atoms with E-state index in [0.29, 0.717) is 0 Å². The monoisotopic (exact) mass is 356 g/mol. The number of hydrogen-bond acceptors (Lipinski definition) is 2. The van der Waals surface area contributed by atoms with Crippen molar-refractivity contribution >= 4 is 23.2 Å². The number of nitrogens with one attached hydrogen (secondary N) is 2. The first-order valence-electron chi connectivity index (χ1n) is 7.22. The molecule has 0 aromatic heterocycles. The lowest BCUT2D eigenvalue weighted by atomic mass is 10.1. The Kier molecular flexibility index (Phi) is 5.85. The zero-order valence-electron chi connectivity index (χ0n) is 12.8. The average molecular weight is 357 g/mol. The summed E-state index contributed by atoms with van der Waals surface area (Å²) >= 11 is 5.54. The highest BCUT2D eigenvalue weighted by Crippen LogP contribution is 2.36. The quantitative estimate of drug-likeness (QED) is 0.818. The lowest BCUT2D eigenvalue weighted by molar-refractivity contribution is -0.137. The Morgan fingerprint density at radius 1 is 1.17 bits per heavy atom. The Balaban J connectivity index is 1.95. The molecule has 2 rings (SSSR count). The normalized spacial score (nSPS) is 12.7. The molecule has 0 heterocycles. The summed E-state index contributed by atoms with van der Waals surface area (Å²) in [4.78, 5) is 11.9. The van der Waals surface area contributed by atoms with Crippen LogP contribution >= 0.6 is 11.6 Å². The van der Waals surface area contributed by atoms with E-state index in [4.69, 9.17) is 11.6 Å². The maximum Gasteiger partial charge on any atom is 0.417 e. The Morgan fingerprint density at radius 3 is 2.46 bits per heavy atom. The summed E-state index contributed by atoms with van der Waals surface area (Å²) < 4.78 is 38.4. The van der Waals surface area contributed by atoms with Gasteiger partial charge in [-0.1, -0.05) is 41.9 Å². The number of amides is 1. The molecular formula is C17H16ClF3N2O. The number of rotatable bonds is 5. The minimum absolute atomic E-state index is 0.0277. The number of halogens is 4. The molecule has 128 valence electrons. The first-order valence-corrected chi connectivity index (χ1v) is 7.60. The van der Waals surface area contributed by atoms with E-state index in [9.17, 15) is 18.0 Å². The van der Waals surface area contributed by atoms with Crippen LogP contribution in [0.25, 0.3) is 0 Å². The standard InChI is InChI=1S/C17H16ClF3N2O/c1-11(12-5-3-2-4-6-12)22-10-16(24)23-13-7-8-15(18)14(9-13)17(19,20)21/h2-9,11,22H,10H2,1H3,(H,23,24). The molecule has 0 spiro atoms. The Morgan fingerprint density at radius 2 is 1.83 bits per heavy atom. The van der Waals surface area contributed by atoms with Crippen LogP contribution in [0.2, 0.25) is 5.02 Å². The molecular weight excluding hydrogens is 341 g/mol. The average Bonchev–Trinajstić information content (AvgIpc) is 2.54. The van der Waals surface area contributed by atoms with Gasteiger partial charge in [-0.3, -0.25) is 4.79 Å². The predicted molar refractivity (Wildman–Crippen MR) is 87.9 cm³/mol. The molecule has 0 aliphatic heterocycles. The summed E-state index contributed by atoms with van der Waals surface area (Å²) in [5.74, 6) is -0.437. The summed E-state index contributed by atoms with van der Waals surface area (Å²) in [5, 5.41) is 5.04. The Hall–Kier alpha value is -2.05. The van der Waals surface area contributed by atoms with Crippen molar-refractivity contribution in [2.75, 3.05) is 11.9 Å². The first-order chi connectivity index (χ1) is 11.3. The zero-order valence-corrected chi connectivity index (χ0v) is 13.6. The molecule has 0 fully saturated rings. The molecule has 24 heavy (non-hydrogen) atoms. The van der Waals surface area contributed by atoms with E-state index >= 15 is 0 Å². The fourth-order valence-corrected chi connectivity index (χ4v) is 2.36. The van der Waals surface area contributed by atoms with Gasteiger partial charge >= 0.3 is 6.18 Å². The van der Waals surface area contributed by atoms with Crippen LogP contribution in [0.1, 0.15) is 24.1 Å². The Bertz CT molecular complexity index is 705. The van der Waals surface area contributed by atoms with Crippen molar-refractivity contribution in [1.29, 1.82) is 0 Å². The van der Waals surface area contributed by atoms with Gasteiger partial charge in [-0.15, -0.1) is 0 Å². The van der Waals surface area contributed by atoms with Crippen LogP contribution in [0.4, 0.5) is 18.9 Å². The molecule has 0 saturated heterocycles. The van der Waals surface area contributed by atoms with Crippen LogP contribution in [0.5, 0.6) is 0 Å². The summed E-state index contributed by atoms with van der Waals surface area (Å²) in [5.41, 5.74) is 0.0784. The van der Waals surface area contributed by atoms with Gasteiger partial charge in [0, 0.05) is 11.7 Å². The lowest BCUT2D eigenvalue weighted by Crippen LogP contribution is -2.30. The first kappa shape index (κ1) is 18.3. The maximum atomic E-state index is 12.8. The summed E-state index contributed by atoms with van der Waals surface area (Å²) in [6.45, 7) is 1.87. The van der Waals surface area contributed by atoms with E-state index in [2.05, 4.69) is 10.6 Å². The number of anilines is 1. The fourth-order valence-electron chi connectivity index (χ4n) is 2.13. The molecule has 0 saturated carbocycles. The van der Waals surface area contributed by atoms with Gasteiger partial charge in [0.25, 0.3) is 0 Å². The highest BCUT2D eigenvalue weighted by molar-refractivity contribution is 6.31. The second-order valence-electron chi connectivity index (χ2n) is 5.25. The van der Waals surface area contributed by atoms with Crippen molar-refractivity contribution in [1.82, 2.24) is 5.32 Å². The third kappa shape index (κ3) is 4.97. The molecule has 2 aromatic carbocycles. The molecule has 1 amide bonds. The van der Waals surface area contributed by atoms with E-state index in [1.54, 1.807) is 0 Å². The van der Waals surface area contributed by atoms with Gasteiger partial charge in [-0.05, 0) is 30.7 Å². The molecule has 0 radical (unpaired) electrons. The van der Waals surface area contributed by atoms with Crippen molar-refractivity contribution in [3.63, 3.8) is 0 Å². The highest BCUT2D eigenvalue weighted by Gasteiger charge is 2.33. The van der Waals surface area contributed by atoms with Crippen LogP contribution < -0.4 is 10.6 Å². The highest BCUT2D eigenvalue weighted by atomic mass is 35.5. The van der Waals surface area contributed by atoms with Gasteiger partial charge < -0.3 is 10.6 Å². The smallest absolute Gasteiger partial charge is 0.325 e. The summed E-state index contributed by atoms with van der Waals surface area (Å²) in [6.07, 6.45) is -4.57. The van der Waals surface area contributed by atoms with Gasteiger partial charge in [0.05, 0.1) is 17.1 Å². The van der Waals surface area contributed by atoms with Gasteiger partial charge in [-0.2, -0.15) is 13.2 Å². The van der Waals surface area contributed by atoms with Gasteiger partial charge in [0.15, 0.2) is 0 Å². The number of carbonyl (C=O) groups excluding carboxylic acids is 1. The van der Waals surface area contributed by atoms with Gasteiger partial charge in [0.1, 0.15) is 0 Å². The van der Waals surface area contributed by atoms with E-state index in [1.807, 2.05) is 37.3 Å². The van der Waals surface area contributed by atoms with Crippen molar-refractivity contribution in [3.05, 3.63) is 64.7 Å². The van der Waals surface area contributed by atoms with Crippen LogP contribution in [0, 0.1) is 0 Å². The number of alkyl halides is 3. The maximum absolute atomic E-state index is 12.8. The molecule has 0 aliphatic rings. The number of carbonyl (C=O) groups is 1. The van der Waals surface area contributed by atoms with E-state index in [-0.39, 0.29) is 18.3 Å².